The van der Waals surface area contributed by atoms with E-state index in [2.05, 4.69) is 67.2 Å². The van der Waals surface area contributed by atoms with E-state index < -0.39 is 0 Å². The van der Waals surface area contributed by atoms with Gasteiger partial charge < -0.3 is 4.57 Å². The van der Waals surface area contributed by atoms with Crippen molar-refractivity contribution in [3.63, 3.8) is 0 Å². The van der Waals surface area contributed by atoms with Gasteiger partial charge in [-0.2, -0.15) is 0 Å². The molecule has 0 aliphatic rings. The highest BCUT2D eigenvalue weighted by Crippen LogP contribution is 2.21. The Kier molecular flexibility index (Phi) is 2.67. The predicted octanol–water partition coefficient (Wildman–Crippen LogP) is 3.88. The van der Waals surface area contributed by atoms with E-state index in [1.165, 1.54) is 27.6 Å². The van der Waals surface area contributed by atoms with Crippen LogP contribution in [0.5, 0.6) is 0 Å². The zero-order valence-electron chi connectivity index (χ0n) is 10.8. The number of para-hydroxylation sites is 1. The first kappa shape index (κ1) is 11.1. The Labute approximate surface area is 108 Å². The fourth-order valence-electron chi connectivity index (χ4n) is 2.44. The molecule has 0 atom stereocenters. The number of fused-ring (bicyclic) bond motifs is 1. The number of benzene rings is 2. The number of aromatic nitrogens is 1. The summed E-state index contributed by atoms with van der Waals surface area (Å²) in [5, 5.41) is 1.27. The molecule has 1 radical (unpaired) electrons. The van der Waals surface area contributed by atoms with E-state index in [0.29, 0.717) is 0 Å². The molecule has 2 aromatic carbocycles. The first-order valence-corrected chi connectivity index (χ1v) is 6.24. The fourth-order valence-corrected chi connectivity index (χ4v) is 2.44. The van der Waals surface area contributed by atoms with Crippen molar-refractivity contribution < 1.29 is 0 Å². The Hall–Kier alpha value is -2.02. The van der Waals surface area contributed by atoms with E-state index in [9.17, 15) is 0 Å². The summed E-state index contributed by atoms with van der Waals surface area (Å²) in [7, 11) is 2.06. The number of aryl methyl sites for hydroxylation is 2. The summed E-state index contributed by atoms with van der Waals surface area (Å²) >= 11 is 0. The minimum Gasteiger partial charge on any atom is -0.342 e. The molecule has 3 aromatic rings. The van der Waals surface area contributed by atoms with Gasteiger partial charge in [0.05, 0.1) is 11.7 Å². The molecular weight excluding hydrogens is 218 g/mol. The topological polar surface area (TPSA) is 4.93 Å². The molecule has 1 heterocycles. The Bertz CT molecular complexity index is 674. The van der Waals surface area contributed by atoms with Crippen molar-refractivity contribution in [1.29, 1.82) is 0 Å². The summed E-state index contributed by atoms with van der Waals surface area (Å²) in [5.41, 5.74) is 5.32. The van der Waals surface area contributed by atoms with Crippen LogP contribution >= 0.6 is 0 Å². The van der Waals surface area contributed by atoms with Crippen LogP contribution in [0.25, 0.3) is 10.9 Å². The molecule has 0 fully saturated rings. The molecule has 0 N–H and O–H groups in total. The van der Waals surface area contributed by atoms with Crippen LogP contribution in [0.15, 0.2) is 48.5 Å². The van der Waals surface area contributed by atoms with Gasteiger partial charge in [0.15, 0.2) is 0 Å². The van der Waals surface area contributed by atoms with Crippen LogP contribution in [0.3, 0.4) is 0 Å². The van der Waals surface area contributed by atoms with E-state index in [1.807, 2.05) is 6.07 Å². The highest BCUT2D eigenvalue weighted by molar-refractivity contribution is 5.83. The smallest absolute Gasteiger partial charge is 0.0656 e. The van der Waals surface area contributed by atoms with Gasteiger partial charge in [-0.3, -0.25) is 0 Å². The van der Waals surface area contributed by atoms with E-state index >= 15 is 0 Å². The van der Waals surface area contributed by atoms with Gasteiger partial charge in [-0.25, -0.2) is 0 Å². The van der Waals surface area contributed by atoms with E-state index in [1.54, 1.807) is 0 Å². The van der Waals surface area contributed by atoms with Crippen molar-refractivity contribution in [1.82, 2.24) is 4.57 Å². The average molecular weight is 234 g/mol. The van der Waals surface area contributed by atoms with Crippen LogP contribution in [0.1, 0.15) is 16.7 Å². The lowest BCUT2D eigenvalue weighted by Crippen LogP contribution is -1.94. The summed E-state index contributed by atoms with van der Waals surface area (Å²) in [6, 6.07) is 17.3. The second kappa shape index (κ2) is 4.34. The lowest BCUT2D eigenvalue weighted by Gasteiger charge is -2.07. The number of rotatable bonds is 2. The average Bonchev–Trinajstić information content (AvgIpc) is 2.75. The molecule has 0 saturated heterocycles. The molecule has 3 rings (SSSR count). The molecule has 0 bridgehead atoms. The minimum atomic E-state index is 0.976. The van der Waals surface area contributed by atoms with Gasteiger partial charge in [-0.15, -0.1) is 0 Å². The molecule has 0 unspecified atom stereocenters. The van der Waals surface area contributed by atoms with Crippen molar-refractivity contribution in [2.75, 3.05) is 0 Å². The maximum absolute atomic E-state index is 3.23. The number of nitrogens with zero attached hydrogens (tertiary/aromatic N) is 1. The van der Waals surface area contributed by atoms with Crippen molar-refractivity contribution in [3.05, 3.63) is 71.4 Å². The molecule has 0 spiro atoms. The minimum absolute atomic E-state index is 0.976. The van der Waals surface area contributed by atoms with E-state index in [-0.39, 0.29) is 0 Å². The Morgan fingerprint density at radius 3 is 2.61 bits per heavy atom. The summed E-state index contributed by atoms with van der Waals surface area (Å²) in [5.74, 6) is 0. The molecule has 1 nitrogen and oxygen atoms in total. The second-order valence-corrected chi connectivity index (χ2v) is 4.85. The van der Waals surface area contributed by atoms with Gasteiger partial charge in [-0.1, -0.05) is 48.0 Å². The van der Waals surface area contributed by atoms with Crippen molar-refractivity contribution in [2.24, 2.45) is 7.05 Å². The summed E-state index contributed by atoms with van der Waals surface area (Å²) in [6.45, 7) is 2.12. The molecule has 18 heavy (non-hydrogen) atoms. The molecule has 0 saturated carbocycles. The fraction of sp³-hybridized carbons (Fsp3) is 0.176. The molecular formula is C17H16N. The molecule has 0 aliphatic heterocycles. The van der Waals surface area contributed by atoms with Gasteiger partial charge in [-0.05, 0) is 30.5 Å². The maximum Gasteiger partial charge on any atom is 0.0656 e. The van der Waals surface area contributed by atoms with Gasteiger partial charge in [0.25, 0.3) is 0 Å². The SMILES string of the molecule is Cc1ccc(Cc2cccc3c[c]n(C)c23)cc1. The molecule has 1 aromatic heterocycles. The molecule has 1 heteroatoms. The van der Waals surface area contributed by atoms with Gasteiger partial charge >= 0.3 is 0 Å². The van der Waals surface area contributed by atoms with Crippen LogP contribution in [-0.4, -0.2) is 4.57 Å². The lowest BCUT2D eigenvalue weighted by atomic mass is 10.0. The first-order chi connectivity index (χ1) is 8.74. The molecule has 89 valence electrons. The third-order valence-corrected chi connectivity index (χ3v) is 3.42. The largest absolute Gasteiger partial charge is 0.342 e. The predicted molar refractivity (Wildman–Crippen MR) is 75.7 cm³/mol. The standard InChI is InChI=1S/C17H16N/c1-13-6-8-14(9-7-13)12-16-5-3-4-15-10-11-18(2)17(15)16/h3-10H,12H2,1-2H3. The quantitative estimate of drug-likeness (QED) is 0.634. The maximum atomic E-state index is 3.23. The molecule has 0 amide bonds. The van der Waals surface area contributed by atoms with E-state index in [4.69, 9.17) is 0 Å². The third-order valence-electron chi connectivity index (χ3n) is 3.42. The Balaban J connectivity index is 2.04. The van der Waals surface area contributed by atoms with E-state index in [0.717, 1.165) is 6.42 Å². The van der Waals surface area contributed by atoms with Crippen LogP contribution in [0, 0.1) is 13.1 Å². The van der Waals surface area contributed by atoms with Crippen LogP contribution in [0.4, 0.5) is 0 Å². The highest BCUT2D eigenvalue weighted by Gasteiger charge is 2.05. The molecule has 0 aliphatic carbocycles. The van der Waals surface area contributed by atoms with Gasteiger partial charge in [0.2, 0.25) is 0 Å². The first-order valence-electron chi connectivity index (χ1n) is 6.24. The second-order valence-electron chi connectivity index (χ2n) is 4.85. The Morgan fingerprint density at radius 2 is 1.83 bits per heavy atom. The van der Waals surface area contributed by atoms with Gasteiger partial charge in [0, 0.05) is 12.4 Å². The highest BCUT2D eigenvalue weighted by atomic mass is 14.9. The van der Waals surface area contributed by atoms with Crippen LogP contribution in [-0.2, 0) is 13.5 Å². The normalized spacial score (nSPS) is 11.0. The van der Waals surface area contributed by atoms with Crippen molar-refractivity contribution >= 4 is 10.9 Å². The summed E-state index contributed by atoms with van der Waals surface area (Å²) < 4.78 is 2.08. The van der Waals surface area contributed by atoms with Crippen LogP contribution < -0.4 is 0 Å². The lowest BCUT2D eigenvalue weighted by molar-refractivity contribution is 0.950. The summed E-state index contributed by atoms with van der Waals surface area (Å²) in [4.78, 5) is 0. The monoisotopic (exact) mass is 234 g/mol. The zero-order chi connectivity index (χ0) is 12.5. The summed E-state index contributed by atoms with van der Waals surface area (Å²) in [6.07, 6.45) is 4.20. The van der Waals surface area contributed by atoms with Crippen LogP contribution in [0.2, 0.25) is 0 Å². The van der Waals surface area contributed by atoms with Crippen molar-refractivity contribution in [2.45, 2.75) is 13.3 Å². The van der Waals surface area contributed by atoms with Crippen molar-refractivity contribution in [3.8, 4) is 0 Å². The number of hydrogen-bond donors (Lipinski definition) is 0. The number of hydrogen-bond acceptors (Lipinski definition) is 0. The third kappa shape index (κ3) is 1.92. The van der Waals surface area contributed by atoms with Gasteiger partial charge in [0.1, 0.15) is 0 Å². The zero-order valence-corrected chi connectivity index (χ0v) is 10.8. The Morgan fingerprint density at radius 1 is 1.06 bits per heavy atom.